The van der Waals surface area contributed by atoms with Crippen LogP contribution in [0.3, 0.4) is 0 Å². The molecule has 3 atom stereocenters. The van der Waals surface area contributed by atoms with E-state index >= 15 is 0 Å². The normalized spacial score (nSPS) is 20.2. The minimum atomic E-state index is -4.63. The van der Waals surface area contributed by atoms with E-state index in [1.165, 1.54) is 13.8 Å². The van der Waals surface area contributed by atoms with Gasteiger partial charge in [-0.15, -0.1) is 0 Å². The number of carbonyl (C=O) groups is 1. The van der Waals surface area contributed by atoms with E-state index < -0.39 is 17.3 Å². The highest BCUT2D eigenvalue weighted by molar-refractivity contribution is 5.84. The van der Waals surface area contributed by atoms with E-state index in [2.05, 4.69) is 9.97 Å². The molecular formula is C28H27F3N2O4. The van der Waals surface area contributed by atoms with Crippen LogP contribution < -0.4 is 9.47 Å². The van der Waals surface area contributed by atoms with E-state index in [4.69, 9.17) is 9.47 Å². The molecule has 0 saturated heterocycles. The zero-order chi connectivity index (χ0) is 26.5. The quantitative estimate of drug-likeness (QED) is 0.437. The molecule has 2 aliphatic rings. The maximum absolute atomic E-state index is 13.9. The number of pyridine rings is 2. The second-order valence-electron chi connectivity index (χ2n) is 10.4. The molecule has 2 aromatic heterocycles. The number of hydrogen-bond donors (Lipinski definition) is 1. The van der Waals surface area contributed by atoms with E-state index in [1.807, 2.05) is 6.07 Å². The van der Waals surface area contributed by atoms with Crippen molar-refractivity contribution >= 4 is 5.78 Å². The number of carbonyl (C=O) groups excluding carboxylic acids is 1. The Bertz CT molecular complexity index is 1350. The number of nitrogens with zero attached hydrogens (tertiary/aromatic N) is 2. The van der Waals surface area contributed by atoms with E-state index in [0.29, 0.717) is 22.9 Å². The summed E-state index contributed by atoms with van der Waals surface area (Å²) >= 11 is 0. The minimum Gasteiger partial charge on any atom is -0.475 e. The zero-order valence-corrected chi connectivity index (χ0v) is 20.7. The van der Waals surface area contributed by atoms with Crippen molar-refractivity contribution in [2.24, 2.45) is 11.8 Å². The molecular weight excluding hydrogens is 485 g/mol. The maximum atomic E-state index is 13.9. The van der Waals surface area contributed by atoms with Gasteiger partial charge in [0.15, 0.2) is 0 Å². The Kier molecular flexibility index (Phi) is 6.22. The van der Waals surface area contributed by atoms with Gasteiger partial charge in [-0.2, -0.15) is 13.2 Å². The summed E-state index contributed by atoms with van der Waals surface area (Å²) in [6.07, 6.45) is -0.892. The third kappa shape index (κ3) is 5.32. The summed E-state index contributed by atoms with van der Waals surface area (Å²) in [5.74, 6) is 1.20. The fourth-order valence-electron chi connectivity index (χ4n) is 5.12. The second-order valence-corrected chi connectivity index (χ2v) is 10.4. The van der Waals surface area contributed by atoms with Gasteiger partial charge in [-0.3, -0.25) is 4.79 Å². The summed E-state index contributed by atoms with van der Waals surface area (Å²) in [6.45, 7) is 4.55. The van der Waals surface area contributed by atoms with E-state index in [9.17, 15) is 23.1 Å². The third-order valence-corrected chi connectivity index (χ3v) is 6.83. The van der Waals surface area contributed by atoms with Crippen molar-refractivity contribution < 1.29 is 32.5 Å². The number of Topliss-reactive ketones (excluding diaryl/α,β-unsaturated/α-hetero) is 1. The number of halogens is 3. The van der Waals surface area contributed by atoms with Gasteiger partial charge in [0.25, 0.3) is 0 Å². The van der Waals surface area contributed by atoms with Crippen LogP contribution in [0.1, 0.15) is 48.9 Å². The average molecular weight is 513 g/mol. The van der Waals surface area contributed by atoms with Crippen molar-refractivity contribution in [3.05, 3.63) is 71.0 Å². The van der Waals surface area contributed by atoms with Gasteiger partial charge in [0.2, 0.25) is 11.8 Å². The lowest BCUT2D eigenvalue weighted by Crippen LogP contribution is -2.28. The molecule has 1 fully saturated rings. The Morgan fingerprint density at radius 1 is 1.08 bits per heavy atom. The second kappa shape index (κ2) is 9.13. The van der Waals surface area contributed by atoms with Crippen LogP contribution in [0.4, 0.5) is 13.2 Å². The van der Waals surface area contributed by atoms with Crippen molar-refractivity contribution in [2.45, 2.75) is 51.5 Å². The van der Waals surface area contributed by atoms with Crippen molar-refractivity contribution in [3.8, 4) is 22.9 Å². The Morgan fingerprint density at radius 3 is 2.51 bits per heavy atom. The molecule has 37 heavy (non-hydrogen) atoms. The number of hydrogen-bond acceptors (Lipinski definition) is 6. The molecule has 0 aliphatic heterocycles. The summed E-state index contributed by atoms with van der Waals surface area (Å²) < 4.78 is 52.8. The zero-order valence-electron chi connectivity index (χ0n) is 20.7. The van der Waals surface area contributed by atoms with Gasteiger partial charge in [0.1, 0.15) is 19.0 Å². The molecule has 2 aliphatic carbocycles. The highest BCUT2D eigenvalue weighted by atomic mass is 19.4. The van der Waals surface area contributed by atoms with E-state index in [0.717, 1.165) is 29.8 Å². The summed E-state index contributed by atoms with van der Waals surface area (Å²) in [4.78, 5) is 20.1. The van der Waals surface area contributed by atoms with Gasteiger partial charge in [-0.1, -0.05) is 18.2 Å². The highest BCUT2D eigenvalue weighted by Gasteiger charge is 2.58. The van der Waals surface area contributed by atoms with Gasteiger partial charge >= 0.3 is 6.18 Å². The summed E-state index contributed by atoms with van der Waals surface area (Å²) in [7, 11) is 0. The first-order valence-electron chi connectivity index (χ1n) is 12.0. The van der Waals surface area contributed by atoms with E-state index in [-0.39, 0.29) is 42.3 Å². The molecule has 0 spiro atoms. The molecule has 1 N–H and O–H groups in total. The Hall–Kier alpha value is -3.46. The topological polar surface area (TPSA) is 81.5 Å². The van der Waals surface area contributed by atoms with Crippen LogP contribution in [0, 0.1) is 11.8 Å². The maximum Gasteiger partial charge on any atom is 0.417 e. The number of aromatic nitrogens is 2. The summed E-state index contributed by atoms with van der Waals surface area (Å²) in [5, 5.41) is 9.79. The summed E-state index contributed by atoms with van der Waals surface area (Å²) in [5.41, 5.74) is 1.09. The molecule has 9 heteroatoms. The molecule has 1 saturated carbocycles. The Balaban J connectivity index is 1.31. The number of benzene rings is 1. The lowest BCUT2D eigenvalue weighted by atomic mass is 10.00. The van der Waals surface area contributed by atoms with E-state index in [1.54, 1.807) is 37.4 Å². The first-order chi connectivity index (χ1) is 17.4. The van der Waals surface area contributed by atoms with Crippen LogP contribution in [0.25, 0.3) is 11.1 Å². The van der Waals surface area contributed by atoms with Crippen LogP contribution in [0.2, 0.25) is 0 Å². The third-order valence-electron chi connectivity index (χ3n) is 6.83. The number of aliphatic hydroxyl groups is 1. The fourth-order valence-corrected chi connectivity index (χ4v) is 5.12. The lowest BCUT2D eigenvalue weighted by Gasteiger charge is -2.19. The molecule has 5 rings (SSSR count). The minimum absolute atomic E-state index is 0.0835. The molecule has 0 bridgehead atoms. The van der Waals surface area contributed by atoms with Gasteiger partial charge in [0, 0.05) is 36.0 Å². The number of ether oxygens (including phenoxy) is 2. The van der Waals surface area contributed by atoms with Crippen LogP contribution in [0.15, 0.2) is 48.8 Å². The van der Waals surface area contributed by atoms with Crippen molar-refractivity contribution in [1.82, 2.24) is 9.97 Å². The number of fused-ring (bicyclic) bond motifs is 3. The molecule has 194 valence electrons. The molecule has 0 amide bonds. The van der Waals surface area contributed by atoms with Gasteiger partial charge in [-0.25, -0.2) is 9.97 Å². The first kappa shape index (κ1) is 25.2. The number of ketones is 1. The summed E-state index contributed by atoms with van der Waals surface area (Å²) in [6, 6.07) is 9.38. The standard InChI is InChI=1S/C28H27F3N2O4/c1-15(34)25-19-8-18-9-23(33-12-21(18)26(19)25)36-13-16-5-4-6-17(7-16)20-11-32-24(37-14-27(2,3)35)10-22(20)28(29,30)31/h4-7,9-12,19,25-26,35H,8,13-14H2,1-3H3/t19-,25-,26+/m0/s1. The Labute approximate surface area is 212 Å². The smallest absolute Gasteiger partial charge is 0.417 e. The average Bonchev–Trinajstić information content (AvgIpc) is 3.43. The number of alkyl halides is 3. The molecule has 1 aromatic carbocycles. The van der Waals surface area contributed by atoms with Gasteiger partial charge < -0.3 is 14.6 Å². The van der Waals surface area contributed by atoms with Crippen LogP contribution in [-0.2, 0) is 24.0 Å². The monoisotopic (exact) mass is 512 g/mol. The van der Waals surface area contributed by atoms with Crippen LogP contribution in [-0.4, -0.2) is 33.1 Å². The molecule has 6 nitrogen and oxygen atoms in total. The van der Waals surface area contributed by atoms with Crippen LogP contribution >= 0.6 is 0 Å². The predicted octanol–water partition coefficient (Wildman–Crippen LogP) is 5.37. The lowest BCUT2D eigenvalue weighted by molar-refractivity contribution is -0.137. The molecule has 0 radical (unpaired) electrons. The van der Waals surface area contributed by atoms with Crippen molar-refractivity contribution in [3.63, 3.8) is 0 Å². The highest BCUT2D eigenvalue weighted by Crippen LogP contribution is 2.61. The SMILES string of the molecule is CC(=O)[C@H]1[C@@H]2Cc3cc(OCc4cccc(-c5cnc(OCC(C)(C)O)cc5C(F)(F)F)c4)ncc3[C@@H]21. The fraction of sp³-hybridized carbons (Fsp3) is 0.393. The van der Waals surface area contributed by atoms with Crippen molar-refractivity contribution in [1.29, 1.82) is 0 Å². The largest absolute Gasteiger partial charge is 0.475 e. The molecule has 2 heterocycles. The van der Waals surface area contributed by atoms with Crippen LogP contribution in [0.5, 0.6) is 11.8 Å². The van der Waals surface area contributed by atoms with Gasteiger partial charge in [0.05, 0.1) is 11.2 Å². The first-order valence-corrected chi connectivity index (χ1v) is 12.0. The van der Waals surface area contributed by atoms with Crippen molar-refractivity contribution in [2.75, 3.05) is 6.61 Å². The van der Waals surface area contributed by atoms with Gasteiger partial charge in [-0.05, 0) is 67.3 Å². The Morgan fingerprint density at radius 2 is 1.81 bits per heavy atom. The molecule has 0 unspecified atom stereocenters. The predicted molar refractivity (Wildman–Crippen MR) is 129 cm³/mol. The molecule has 3 aromatic rings. The number of rotatable bonds is 8.